The van der Waals surface area contributed by atoms with E-state index in [1.165, 1.54) is 10.5 Å². The maximum atomic E-state index is 11.4. The Labute approximate surface area is 121 Å². The Morgan fingerprint density at radius 2 is 1.90 bits per heavy atom. The van der Waals surface area contributed by atoms with E-state index in [9.17, 15) is 4.79 Å². The number of benzene rings is 1. The first kappa shape index (κ1) is 16.3. The molecular weight excluding hydrogens is 254 g/mol. The van der Waals surface area contributed by atoms with Crippen molar-refractivity contribution in [3.63, 3.8) is 0 Å². The molecule has 5 heteroatoms. The van der Waals surface area contributed by atoms with Crippen LogP contribution in [0.15, 0.2) is 24.3 Å². The zero-order valence-corrected chi connectivity index (χ0v) is 12.8. The summed E-state index contributed by atoms with van der Waals surface area (Å²) in [6.07, 6.45) is 0.994. The Morgan fingerprint density at radius 3 is 2.40 bits per heavy atom. The molecule has 112 valence electrons. The molecule has 1 aromatic carbocycles. The zero-order valence-electron chi connectivity index (χ0n) is 12.8. The van der Waals surface area contributed by atoms with Gasteiger partial charge in [0.1, 0.15) is 5.75 Å². The van der Waals surface area contributed by atoms with E-state index in [1.807, 2.05) is 12.1 Å². The topological polar surface area (TPSA) is 53.6 Å². The molecule has 0 heterocycles. The number of hydrogen-bond donors (Lipinski definition) is 2. The average Bonchev–Trinajstić information content (AvgIpc) is 2.47. The minimum Gasteiger partial charge on any atom is -0.497 e. The first-order valence-electron chi connectivity index (χ1n) is 6.91. The maximum Gasteiger partial charge on any atom is 0.316 e. The highest BCUT2D eigenvalue weighted by atomic mass is 16.5. The minimum atomic E-state index is -0.0655. The van der Waals surface area contributed by atoms with E-state index in [0.717, 1.165) is 18.7 Å². The summed E-state index contributed by atoms with van der Waals surface area (Å²) in [5.74, 6) is 0.863. The molecule has 20 heavy (non-hydrogen) atoms. The fraction of sp³-hybridized carbons (Fsp3) is 0.533. The molecular formula is C15H25N3O2. The van der Waals surface area contributed by atoms with Crippen LogP contribution in [0, 0.1) is 0 Å². The van der Waals surface area contributed by atoms with Crippen molar-refractivity contribution in [2.45, 2.75) is 19.4 Å². The molecule has 0 fully saturated rings. The Balaban J connectivity index is 2.40. The molecule has 0 bridgehead atoms. The second-order valence-electron chi connectivity index (χ2n) is 4.81. The van der Waals surface area contributed by atoms with Crippen LogP contribution in [-0.4, -0.2) is 45.2 Å². The minimum absolute atomic E-state index is 0.0655. The van der Waals surface area contributed by atoms with Crippen LogP contribution in [0.1, 0.15) is 24.9 Å². The average molecular weight is 279 g/mol. The summed E-state index contributed by atoms with van der Waals surface area (Å²) >= 11 is 0. The summed E-state index contributed by atoms with van der Waals surface area (Å²) in [5, 5.41) is 6.28. The van der Waals surface area contributed by atoms with Gasteiger partial charge >= 0.3 is 6.03 Å². The Bertz CT molecular complexity index is 404. The van der Waals surface area contributed by atoms with Crippen molar-refractivity contribution in [2.75, 3.05) is 34.3 Å². The van der Waals surface area contributed by atoms with Gasteiger partial charge in [0, 0.05) is 33.2 Å². The van der Waals surface area contributed by atoms with Crippen molar-refractivity contribution in [1.29, 1.82) is 0 Å². The number of hydrogen-bond acceptors (Lipinski definition) is 3. The predicted octanol–water partition coefficient (Wildman–Crippen LogP) is 2.01. The summed E-state index contributed by atoms with van der Waals surface area (Å²) < 4.78 is 5.16. The van der Waals surface area contributed by atoms with E-state index in [4.69, 9.17) is 4.74 Å². The first-order chi connectivity index (χ1) is 9.58. The number of carbonyl (C=O) groups excluding carboxylic acids is 1. The number of methoxy groups -OCH3 is 1. The molecule has 1 aromatic rings. The number of nitrogens with zero attached hydrogens (tertiary/aromatic N) is 1. The van der Waals surface area contributed by atoms with Gasteiger partial charge in [-0.1, -0.05) is 19.1 Å². The van der Waals surface area contributed by atoms with Gasteiger partial charge in [0.2, 0.25) is 0 Å². The normalized spacial score (nSPS) is 11.8. The third-order valence-corrected chi connectivity index (χ3v) is 3.12. The van der Waals surface area contributed by atoms with E-state index in [1.54, 1.807) is 21.2 Å². The van der Waals surface area contributed by atoms with Crippen molar-refractivity contribution in [3.05, 3.63) is 29.8 Å². The molecule has 0 saturated carbocycles. The smallest absolute Gasteiger partial charge is 0.316 e. The van der Waals surface area contributed by atoms with Crippen LogP contribution >= 0.6 is 0 Å². The highest BCUT2D eigenvalue weighted by Gasteiger charge is 2.08. The van der Waals surface area contributed by atoms with Gasteiger partial charge in [-0.3, -0.25) is 0 Å². The summed E-state index contributed by atoms with van der Waals surface area (Å²) in [6.45, 7) is 3.49. The van der Waals surface area contributed by atoms with Gasteiger partial charge in [0.05, 0.1) is 7.11 Å². The highest BCUT2D eigenvalue weighted by molar-refractivity contribution is 5.73. The number of rotatable bonds is 7. The van der Waals surface area contributed by atoms with E-state index in [2.05, 4.69) is 29.7 Å². The lowest BCUT2D eigenvalue weighted by Gasteiger charge is -2.18. The number of ether oxygens (including phenoxy) is 1. The fourth-order valence-electron chi connectivity index (χ4n) is 1.91. The maximum absolute atomic E-state index is 11.4. The predicted molar refractivity (Wildman–Crippen MR) is 81.1 cm³/mol. The van der Waals surface area contributed by atoms with Gasteiger partial charge in [-0.25, -0.2) is 4.79 Å². The third-order valence-electron chi connectivity index (χ3n) is 3.12. The van der Waals surface area contributed by atoms with Crippen molar-refractivity contribution in [1.82, 2.24) is 15.5 Å². The summed E-state index contributed by atoms with van der Waals surface area (Å²) in [7, 11) is 5.13. The molecule has 2 N–H and O–H groups in total. The quantitative estimate of drug-likeness (QED) is 0.751. The SMILES string of the molecule is CCC(NCCNC(=O)N(C)C)c1ccc(OC)cc1. The van der Waals surface area contributed by atoms with Gasteiger partial charge in [0.25, 0.3) is 0 Å². The lowest BCUT2D eigenvalue weighted by molar-refractivity contribution is 0.217. The number of amides is 2. The van der Waals surface area contributed by atoms with Gasteiger partial charge in [-0.05, 0) is 24.1 Å². The second kappa shape index (κ2) is 8.43. The van der Waals surface area contributed by atoms with Crippen LogP contribution in [-0.2, 0) is 0 Å². The van der Waals surface area contributed by atoms with Crippen LogP contribution in [0.2, 0.25) is 0 Å². The number of carbonyl (C=O) groups is 1. The molecule has 1 unspecified atom stereocenters. The molecule has 5 nitrogen and oxygen atoms in total. The second-order valence-corrected chi connectivity index (χ2v) is 4.81. The van der Waals surface area contributed by atoms with E-state index in [-0.39, 0.29) is 12.1 Å². The molecule has 0 aliphatic rings. The first-order valence-corrected chi connectivity index (χ1v) is 6.91. The Hall–Kier alpha value is -1.75. The van der Waals surface area contributed by atoms with Crippen molar-refractivity contribution < 1.29 is 9.53 Å². The number of nitrogens with one attached hydrogen (secondary N) is 2. The molecule has 0 spiro atoms. The monoisotopic (exact) mass is 279 g/mol. The van der Waals surface area contributed by atoms with Gasteiger partial charge in [0.15, 0.2) is 0 Å². The Morgan fingerprint density at radius 1 is 1.25 bits per heavy atom. The van der Waals surface area contributed by atoms with E-state index < -0.39 is 0 Å². The van der Waals surface area contributed by atoms with Crippen LogP contribution in [0.5, 0.6) is 5.75 Å². The highest BCUT2D eigenvalue weighted by Crippen LogP contribution is 2.19. The van der Waals surface area contributed by atoms with Crippen molar-refractivity contribution in [3.8, 4) is 5.75 Å². The summed E-state index contributed by atoms with van der Waals surface area (Å²) in [6, 6.07) is 8.29. The molecule has 0 aliphatic carbocycles. The lowest BCUT2D eigenvalue weighted by Crippen LogP contribution is -2.39. The zero-order chi connectivity index (χ0) is 15.0. The van der Waals surface area contributed by atoms with E-state index in [0.29, 0.717) is 6.54 Å². The van der Waals surface area contributed by atoms with Crippen LogP contribution < -0.4 is 15.4 Å². The lowest BCUT2D eigenvalue weighted by atomic mass is 10.0. The largest absolute Gasteiger partial charge is 0.497 e. The Kier molecular flexibility index (Phi) is 6.87. The number of urea groups is 1. The molecule has 1 rings (SSSR count). The molecule has 0 radical (unpaired) electrons. The summed E-state index contributed by atoms with van der Waals surface area (Å²) in [5.41, 5.74) is 1.23. The molecule has 0 saturated heterocycles. The van der Waals surface area contributed by atoms with Crippen LogP contribution in [0.25, 0.3) is 0 Å². The van der Waals surface area contributed by atoms with Crippen LogP contribution in [0.3, 0.4) is 0 Å². The fourth-order valence-corrected chi connectivity index (χ4v) is 1.91. The van der Waals surface area contributed by atoms with Crippen LogP contribution in [0.4, 0.5) is 4.79 Å². The molecule has 2 amide bonds. The van der Waals surface area contributed by atoms with Gasteiger partial charge in [-0.2, -0.15) is 0 Å². The van der Waals surface area contributed by atoms with Gasteiger partial charge in [-0.15, -0.1) is 0 Å². The standard InChI is InChI=1S/C15H25N3O2/c1-5-14(12-6-8-13(20-4)9-7-12)16-10-11-17-15(19)18(2)3/h6-9,14,16H,5,10-11H2,1-4H3,(H,17,19). The summed E-state index contributed by atoms with van der Waals surface area (Å²) in [4.78, 5) is 12.9. The molecule has 0 aliphatic heterocycles. The van der Waals surface area contributed by atoms with E-state index >= 15 is 0 Å². The third kappa shape index (κ3) is 5.09. The van der Waals surface area contributed by atoms with Crippen molar-refractivity contribution >= 4 is 6.03 Å². The van der Waals surface area contributed by atoms with Crippen molar-refractivity contribution in [2.24, 2.45) is 0 Å². The van der Waals surface area contributed by atoms with Gasteiger partial charge < -0.3 is 20.3 Å². The molecule has 1 atom stereocenters. The molecule has 0 aromatic heterocycles.